The number of thiophene rings is 1. The molecule has 0 radical (unpaired) electrons. The van der Waals surface area contributed by atoms with Crippen molar-refractivity contribution >= 4 is 44.7 Å². The number of nitrogens with one attached hydrogen (secondary N) is 1. The van der Waals surface area contributed by atoms with Crippen molar-refractivity contribution in [1.29, 1.82) is 0 Å². The molecule has 0 bridgehead atoms. The predicted octanol–water partition coefficient (Wildman–Crippen LogP) is 4.75. The van der Waals surface area contributed by atoms with Gasteiger partial charge in [-0.25, -0.2) is 19.7 Å². The molecule has 0 aliphatic carbocycles. The van der Waals surface area contributed by atoms with Gasteiger partial charge in [0, 0.05) is 11.6 Å². The van der Waals surface area contributed by atoms with E-state index in [9.17, 15) is 4.79 Å². The average Bonchev–Trinajstić information content (AvgIpc) is 3.34. The van der Waals surface area contributed by atoms with Gasteiger partial charge in [0.15, 0.2) is 0 Å². The number of hydrogen-bond acceptors (Lipinski definition) is 8. The zero-order chi connectivity index (χ0) is 19.7. The van der Waals surface area contributed by atoms with E-state index >= 15 is 0 Å². The van der Waals surface area contributed by atoms with E-state index in [1.807, 2.05) is 37.4 Å². The Morgan fingerprint density at radius 1 is 1.18 bits per heavy atom. The van der Waals surface area contributed by atoms with Crippen LogP contribution >= 0.6 is 22.7 Å². The van der Waals surface area contributed by atoms with Crippen LogP contribution in [0.3, 0.4) is 0 Å². The molecule has 1 unspecified atom stereocenters. The molecule has 0 fully saturated rings. The number of fused-ring (bicyclic) bond motifs is 1. The number of thiazole rings is 1. The van der Waals surface area contributed by atoms with Gasteiger partial charge in [0.05, 0.1) is 12.5 Å². The molecular weight excluding hydrogens is 392 g/mol. The lowest BCUT2D eigenvalue weighted by atomic mass is 10.1. The van der Waals surface area contributed by atoms with Crippen molar-refractivity contribution in [2.45, 2.75) is 19.9 Å². The molecule has 1 N–H and O–H groups in total. The summed E-state index contributed by atoms with van der Waals surface area (Å²) in [5.74, 6) is 0.970. The number of ether oxygens (including phenoxy) is 1. The van der Waals surface area contributed by atoms with Gasteiger partial charge < -0.3 is 10.1 Å². The first-order valence-electron chi connectivity index (χ1n) is 8.65. The summed E-state index contributed by atoms with van der Waals surface area (Å²) in [5, 5.41) is 7.28. The van der Waals surface area contributed by atoms with Gasteiger partial charge >= 0.3 is 5.97 Å². The second-order valence-electron chi connectivity index (χ2n) is 6.21. The van der Waals surface area contributed by atoms with Crippen molar-refractivity contribution in [3.8, 4) is 0 Å². The van der Waals surface area contributed by atoms with Crippen LogP contribution < -0.4 is 5.32 Å². The maximum absolute atomic E-state index is 12.1. The molecular formula is C20H18N4O2S2. The Bertz CT molecular complexity index is 1120. The molecule has 6 nitrogen and oxygen atoms in total. The molecule has 1 atom stereocenters. The number of benzene rings is 1. The van der Waals surface area contributed by atoms with Crippen molar-refractivity contribution in [3.63, 3.8) is 0 Å². The topological polar surface area (TPSA) is 77.0 Å². The number of carbonyl (C=O) groups is 1. The first kappa shape index (κ1) is 18.5. The van der Waals surface area contributed by atoms with E-state index in [1.165, 1.54) is 18.4 Å². The van der Waals surface area contributed by atoms with Crippen LogP contribution in [0.25, 0.3) is 10.2 Å². The molecule has 0 saturated carbocycles. The van der Waals surface area contributed by atoms with Crippen molar-refractivity contribution in [3.05, 3.63) is 68.7 Å². The van der Waals surface area contributed by atoms with Crippen LogP contribution in [0, 0.1) is 13.8 Å². The van der Waals surface area contributed by atoms with E-state index in [4.69, 9.17) is 4.74 Å². The van der Waals surface area contributed by atoms with Gasteiger partial charge in [-0.3, -0.25) is 0 Å². The molecule has 0 spiro atoms. The van der Waals surface area contributed by atoms with Gasteiger partial charge in [-0.2, -0.15) is 0 Å². The molecule has 1 aromatic carbocycles. The van der Waals surface area contributed by atoms with Crippen LogP contribution in [0.4, 0.5) is 5.82 Å². The van der Waals surface area contributed by atoms with Crippen LogP contribution in [-0.4, -0.2) is 28.0 Å². The van der Waals surface area contributed by atoms with Gasteiger partial charge in [0.1, 0.15) is 32.4 Å². The lowest BCUT2D eigenvalue weighted by Crippen LogP contribution is -2.14. The summed E-state index contributed by atoms with van der Waals surface area (Å²) in [6.45, 7) is 3.74. The highest BCUT2D eigenvalue weighted by atomic mass is 32.1. The fourth-order valence-electron chi connectivity index (χ4n) is 3.08. The van der Waals surface area contributed by atoms with Crippen LogP contribution in [0.2, 0.25) is 0 Å². The zero-order valence-corrected chi connectivity index (χ0v) is 17.2. The highest BCUT2D eigenvalue weighted by Crippen LogP contribution is 2.37. The molecule has 0 saturated heterocycles. The lowest BCUT2D eigenvalue weighted by Gasteiger charge is -2.19. The summed E-state index contributed by atoms with van der Waals surface area (Å²) in [5.41, 5.74) is 1.91. The smallest absolute Gasteiger partial charge is 0.348 e. The van der Waals surface area contributed by atoms with Crippen molar-refractivity contribution in [2.24, 2.45) is 0 Å². The fourth-order valence-corrected chi connectivity index (χ4v) is 4.94. The summed E-state index contributed by atoms with van der Waals surface area (Å²) in [4.78, 5) is 27.1. The number of anilines is 1. The largest absolute Gasteiger partial charge is 0.465 e. The summed E-state index contributed by atoms with van der Waals surface area (Å²) in [6.07, 6.45) is 1.80. The average molecular weight is 411 g/mol. The van der Waals surface area contributed by atoms with E-state index in [1.54, 1.807) is 17.5 Å². The maximum atomic E-state index is 12.1. The van der Waals surface area contributed by atoms with Crippen molar-refractivity contribution in [2.75, 3.05) is 12.4 Å². The van der Waals surface area contributed by atoms with Crippen molar-refractivity contribution in [1.82, 2.24) is 15.0 Å². The number of methoxy groups -OCH3 is 1. The Morgan fingerprint density at radius 2 is 1.96 bits per heavy atom. The Balaban J connectivity index is 1.85. The van der Waals surface area contributed by atoms with E-state index in [2.05, 4.69) is 32.4 Å². The molecule has 0 aliphatic rings. The Kier molecular flexibility index (Phi) is 5.06. The normalized spacial score (nSPS) is 12.1. The van der Waals surface area contributed by atoms with Gasteiger partial charge in [-0.1, -0.05) is 30.3 Å². The van der Waals surface area contributed by atoms with Gasteiger partial charge in [-0.05, 0) is 25.0 Å². The Labute approximate surface area is 170 Å². The molecule has 8 heteroatoms. The third-order valence-corrected chi connectivity index (χ3v) is 6.39. The lowest BCUT2D eigenvalue weighted by molar-refractivity contribution is 0.0605. The number of aromatic nitrogens is 3. The summed E-state index contributed by atoms with van der Waals surface area (Å²) in [6, 6.07) is 9.96. The first-order chi connectivity index (χ1) is 13.6. The van der Waals surface area contributed by atoms with Gasteiger partial charge in [0.25, 0.3) is 0 Å². The quantitative estimate of drug-likeness (QED) is 0.478. The molecule has 3 aromatic heterocycles. The van der Waals surface area contributed by atoms with E-state index in [0.29, 0.717) is 16.5 Å². The molecule has 4 aromatic rings. The molecule has 0 aliphatic heterocycles. The van der Waals surface area contributed by atoms with Gasteiger partial charge in [-0.15, -0.1) is 22.7 Å². The summed E-state index contributed by atoms with van der Waals surface area (Å²) < 4.78 is 4.92. The van der Waals surface area contributed by atoms with E-state index < -0.39 is 0 Å². The highest BCUT2D eigenvalue weighted by molar-refractivity contribution is 7.20. The second-order valence-corrected chi connectivity index (χ2v) is 8.13. The maximum Gasteiger partial charge on any atom is 0.348 e. The molecule has 142 valence electrons. The molecule has 0 amide bonds. The fraction of sp³-hybridized carbons (Fsp3) is 0.200. The minimum Gasteiger partial charge on any atom is -0.465 e. The highest BCUT2D eigenvalue weighted by Gasteiger charge is 2.23. The standard InChI is InChI=1S/C20H18N4O2S2/c1-11-14-17(22-12(2)23-18(14)28-16(11)20(25)26-3)24-15(19-21-9-10-27-19)13-7-5-4-6-8-13/h4-10,15H,1-3H3,(H,22,23,24). The first-order valence-corrected chi connectivity index (χ1v) is 10.3. The van der Waals surface area contributed by atoms with Crippen LogP contribution in [0.1, 0.15) is 37.7 Å². The van der Waals surface area contributed by atoms with Crippen LogP contribution in [0.5, 0.6) is 0 Å². The van der Waals surface area contributed by atoms with E-state index in [0.717, 1.165) is 26.4 Å². The monoisotopic (exact) mass is 410 g/mol. The number of nitrogens with zero attached hydrogens (tertiary/aromatic N) is 3. The summed E-state index contributed by atoms with van der Waals surface area (Å²) in [7, 11) is 1.39. The minimum atomic E-state index is -0.358. The van der Waals surface area contributed by atoms with Crippen LogP contribution in [-0.2, 0) is 4.74 Å². The third kappa shape index (κ3) is 3.36. The van der Waals surface area contributed by atoms with Crippen molar-refractivity contribution < 1.29 is 9.53 Å². The summed E-state index contributed by atoms with van der Waals surface area (Å²) >= 11 is 2.91. The van der Waals surface area contributed by atoms with E-state index in [-0.39, 0.29) is 12.0 Å². The van der Waals surface area contributed by atoms with Crippen LogP contribution in [0.15, 0.2) is 41.9 Å². The molecule has 3 heterocycles. The zero-order valence-electron chi connectivity index (χ0n) is 15.6. The number of esters is 1. The third-order valence-electron chi connectivity index (χ3n) is 4.39. The second kappa shape index (κ2) is 7.65. The van der Waals surface area contributed by atoms with Gasteiger partial charge in [0.2, 0.25) is 0 Å². The SMILES string of the molecule is COC(=O)c1sc2nc(C)nc(NC(c3ccccc3)c3nccs3)c2c1C. The molecule has 28 heavy (non-hydrogen) atoms. The predicted molar refractivity (Wildman–Crippen MR) is 112 cm³/mol. The number of aryl methyl sites for hydroxylation is 2. The Hall–Kier alpha value is -2.84. The minimum absolute atomic E-state index is 0.153. The number of hydrogen-bond donors (Lipinski definition) is 1. The Morgan fingerprint density at radius 3 is 2.64 bits per heavy atom. The number of carbonyl (C=O) groups excluding carboxylic acids is 1. The molecule has 4 rings (SSSR count). The number of rotatable bonds is 5.